The van der Waals surface area contributed by atoms with Gasteiger partial charge in [-0.05, 0) is 36.8 Å². The van der Waals surface area contributed by atoms with Gasteiger partial charge in [0.2, 0.25) is 0 Å². The summed E-state index contributed by atoms with van der Waals surface area (Å²) < 4.78 is 1.40. The molecule has 3 aromatic rings. The first-order valence-corrected chi connectivity index (χ1v) is 8.52. The summed E-state index contributed by atoms with van der Waals surface area (Å²) >= 11 is 4.19. The Bertz CT molecular complexity index is 958. The topological polar surface area (TPSA) is 74.5 Å². The van der Waals surface area contributed by atoms with Crippen LogP contribution in [0.4, 0.5) is 0 Å². The third kappa shape index (κ3) is 4.01. The van der Waals surface area contributed by atoms with Gasteiger partial charge in [0.15, 0.2) is 5.82 Å². The summed E-state index contributed by atoms with van der Waals surface area (Å²) in [5.74, 6) is 0.505. The normalized spacial score (nSPS) is 12.0. The van der Waals surface area contributed by atoms with Gasteiger partial charge in [-0.15, -0.1) is 12.6 Å². The van der Waals surface area contributed by atoms with Gasteiger partial charge in [-0.1, -0.05) is 31.4 Å². The zero-order chi connectivity index (χ0) is 17.8. The fourth-order valence-corrected chi connectivity index (χ4v) is 2.40. The Hall–Kier alpha value is -2.78. The number of hydrogen-bond donors (Lipinski definition) is 2. The predicted octanol–water partition coefficient (Wildman–Crippen LogP) is 3.87. The van der Waals surface area contributed by atoms with Crippen molar-refractivity contribution in [3.05, 3.63) is 64.2 Å². The highest BCUT2D eigenvalue weighted by Gasteiger charge is 2.14. The summed E-state index contributed by atoms with van der Waals surface area (Å²) in [7, 11) is 0. The fourth-order valence-electron chi connectivity index (χ4n) is 2.27. The van der Waals surface area contributed by atoms with Gasteiger partial charge in [-0.25, -0.2) is 9.67 Å². The van der Waals surface area contributed by atoms with Crippen LogP contribution in [0.15, 0.2) is 52.3 Å². The number of pyridine rings is 1. The SMILES string of the molecule is C1CC1.Cc1[nH]n(-c2ccc(S)cn2)c(=O)c1-c1ccc(C#N)cc1. The molecule has 5 nitrogen and oxygen atoms in total. The molecule has 126 valence electrons. The van der Waals surface area contributed by atoms with Crippen LogP contribution in [0.3, 0.4) is 0 Å². The van der Waals surface area contributed by atoms with E-state index in [1.165, 1.54) is 23.9 Å². The Morgan fingerprint density at radius 1 is 1.16 bits per heavy atom. The van der Waals surface area contributed by atoms with E-state index in [4.69, 9.17) is 5.26 Å². The van der Waals surface area contributed by atoms with Crippen molar-refractivity contribution < 1.29 is 0 Å². The van der Waals surface area contributed by atoms with Crippen LogP contribution in [0, 0.1) is 18.3 Å². The van der Waals surface area contributed by atoms with Gasteiger partial charge in [-0.2, -0.15) is 5.26 Å². The van der Waals surface area contributed by atoms with Gasteiger partial charge in [-0.3, -0.25) is 9.89 Å². The molecule has 0 aliphatic heterocycles. The lowest BCUT2D eigenvalue weighted by molar-refractivity contribution is 0.804. The number of nitrogens with one attached hydrogen (secondary N) is 1. The van der Waals surface area contributed by atoms with Gasteiger partial charge < -0.3 is 0 Å². The van der Waals surface area contributed by atoms with E-state index in [1.54, 1.807) is 42.6 Å². The van der Waals surface area contributed by atoms with Crippen molar-refractivity contribution in [2.75, 3.05) is 0 Å². The molecule has 6 heteroatoms. The highest BCUT2D eigenvalue weighted by molar-refractivity contribution is 7.80. The van der Waals surface area contributed by atoms with Crippen molar-refractivity contribution in [2.45, 2.75) is 31.1 Å². The molecule has 2 aromatic heterocycles. The van der Waals surface area contributed by atoms with Crippen LogP contribution in [0.1, 0.15) is 30.5 Å². The van der Waals surface area contributed by atoms with Crippen molar-refractivity contribution in [3.63, 3.8) is 0 Å². The van der Waals surface area contributed by atoms with E-state index >= 15 is 0 Å². The van der Waals surface area contributed by atoms with Crippen LogP contribution < -0.4 is 5.56 Å². The molecule has 0 unspecified atom stereocenters. The molecular weight excluding hydrogens is 332 g/mol. The van der Waals surface area contributed by atoms with Gasteiger partial charge in [0.05, 0.1) is 17.2 Å². The minimum Gasteiger partial charge on any atom is -0.293 e. The quantitative estimate of drug-likeness (QED) is 0.689. The number of aromatic nitrogens is 3. The highest BCUT2D eigenvalue weighted by Crippen LogP contribution is 2.20. The van der Waals surface area contributed by atoms with Crippen molar-refractivity contribution in [1.82, 2.24) is 14.8 Å². The molecule has 1 aromatic carbocycles. The number of benzene rings is 1. The second kappa shape index (κ2) is 7.41. The number of rotatable bonds is 2. The lowest BCUT2D eigenvalue weighted by atomic mass is 10.1. The number of thiol groups is 1. The standard InChI is InChI=1S/C16H12N4OS.C3H6/c1-10-15(12-4-2-11(8-17)3-5-12)16(21)20(19-10)14-7-6-13(22)9-18-14;1-2-3-1/h2-7,9,19,22H,1H3;1-3H2. The summed E-state index contributed by atoms with van der Waals surface area (Å²) in [6.07, 6.45) is 6.09. The van der Waals surface area contributed by atoms with Gasteiger partial charge in [0, 0.05) is 16.8 Å². The maximum atomic E-state index is 12.6. The molecule has 0 saturated heterocycles. The molecule has 0 atom stereocenters. The largest absolute Gasteiger partial charge is 0.293 e. The van der Waals surface area contributed by atoms with Gasteiger partial charge in [0.25, 0.3) is 5.56 Å². The first kappa shape index (κ1) is 17.1. The third-order valence-electron chi connectivity index (χ3n) is 3.69. The van der Waals surface area contributed by atoms with Crippen LogP contribution in [-0.4, -0.2) is 14.8 Å². The number of nitriles is 1. The summed E-state index contributed by atoms with van der Waals surface area (Å²) in [4.78, 5) is 17.6. The minimum atomic E-state index is -0.179. The van der Waals surface area contributed by atoms with E-state index in [1.807, 2.05) is 6.92 Å². The van der Waals surface area contributed by atoms with E-state index in [0.29, 0.717) is 16.9 Å². The number of H-pyrrole nitrogens is 1. The van der Waals surface area contributed by atoms with E-state index < -0.39 is 0 Å². The molecule has 1 saturated carbocycles. The molecule has 2 heterocycles. The highest BCUT2D eigenvalue weighted by atomic mass is 32.1. The summed E-state index contributed by atoms with van der Waals surface area (Å²) in [6.45, 7) is 1.83. The van der Waals surface area contributed by atoms with Gasteiger partial charge >= 0.3 is 0 Å². The Morgan fingerprint density at radius 3 is 2.36 bits per heavy atom. The van der Waals surface area contributed by atoms with Crippen molar-refractivity contribution in [1.29, 1.82) is 5.26 Å². The molecule has 4 rings (SSSR count). The van der Waals surface area contributed by atoms with Crippen LogP contribution in [0.5, 0.6) is 0 Å². The predicted molar refractivity (Wildman–Crippen MR) is 100 cm³/mol. The number of hydrogen-bond acceptors (Lipinski definition) is 4. The molecule has 0 radical (unpaired) electrons. The zero-order valence-electron chi connectivity index (χ0n) is 13.9. The number of aryl methyl sites for hydroxylation is 1. The van der Waals surface area contributed by atoms with Crippen molar-refractivity contribution >= 4 is 12.6 Å². The lowest BCUT2D eigenvalue weighted by Gasteiger charge is -2.00. The average molecular weight is 350 g/mol. The minimum absolute atomic E-state index is 0.179. The van der Waals surface area contributed by atoms with Crippen LogP contribution in [0.2, 0.25) is 0 Å². The Morgan fingerprint density at radius 2 is 1.84 bits per heavy atom. The lowest BCUT2D eigenvalue weighted by Crippen LogP contribution is -2.16. The second-order valence-corrected chi connectivity index (χ2v) is 6.39. The molecule has 0 amide bonds. The molecular formula is C19H18N4OS. The monoisotopic (exact) mass is 350 g/mol. The van der Waals surface area contributed by atoms with E-state index in [2.05, 4.69) is 28.8 Å². The van der Waals surface area contributed by atoms with Crippen LogP contribution in [-0.2, 0) is 0 Å². The smallest absolute Gasteiger partial charge is 0.280 e. The van der Waals surface area contributed by atoms with E-state index in [-0.39, 0.29) is 5.56 Å². The molecule has 0 spiro atoms. The second-order valence-electron chi connectivity index (χ2n) is 5.88. The van der Waals surface area contributed by atoms with Crippen molar-refractivity contribution in [2.24, 2.45) is 0 Å². The zero-order valence-corrected chi connectivity index (χ0v) is 14.8. The van der Waals surface area contributed by atoms with Crippen LogP contribution in [0.25, 0.3) is 16.9 Å². The molecule has 1 aliphatic rings. The third-order valence-corrected chi connectivity index (χ3v) is 3.95. The molecule has 0 bridgehead atoms. The molecule has 1 aliphatic carbocycles. The molecule has 1 N–H and O–H groups in total. The summed E-state index contributed by atoms with van der Waals surface area (Å²) in [5.41, 5.74) is 2.46. The van der Waals surface area contributed by atoms with Gasteiger partial charge in [0.1, 0.15) is 0 Å². The summed E-state index contributed by atoms with van der Waals surface area (Å²) in [5, 5.41) is 11.9. The van der Waals surface area contributed by atoms with E-state index in [0.717, 1.165) is 16.2 Å². The Labute approximate surface area is 151 Å². The van der Waals surface area contributed by atoms with Crippen molar-refractivity contribution in [3.8, 4) is 23.0 Å². The Kier molecular flexibility index (Phi) is 5.05. The number of aromatic amines is 1. The summed E-state index contributed by atoms with van der Waals surface area (Å²) in [6, 6.07) is 12.5. The average Bonchev–Trinajstić information content (AvgIpc) is 3.47. The first-order valence-electron chi connectivity index (χ1n) is 8.07. The maximum absolute atomic E-state index is 12.6. The molecule has 25 heavy (non-hydrogen) atoms. The van der Waals surface area contributed by atoms with Crippen LogP contribution >= 0.6 is 12.6 Å². The first-order chi connectivity index (χ1) is 12.1. The molecule has 1 fully saturated rings. The number of nitrogens with zero attached hydrogens (tertiary/aromatic N) is 3. The van der Waals surface area contributed by atoms with E-state index in [9.17, 15) is 4.79 Å². The maximum Gasteiger partial charge on any atom is 0.280 e. The fraction of sp³-hybridized carbons (Fsp3) is 0.211. The Balaban J connectivity index is 0.000000549.